The highest BCUT2D eigenvalue weighted by atomic mass is 79.9. The summed E-state index contributed by atoms with van der Waals surface area (Å²) in [5, 5.41) is 11.2. The Bertz CT molecular complexity index is 521. The fourth-order valence-corrected chi connectivity index (χ4v) is 3.43. The van der Waals surface area contributed by atoms with E-state index in [0.717, 1.165) is 17.3 Å². The topological polar surface area (TPSA) is 64.8 Å². The minimum absolute atomic E-state index is 0.128. The maximum Gasteiger partial charge on any atom is 0.293 e. The van der Waals surface area contributed by atoms with Crippen LogP contribution >= 0.6 is 15.9 Å². The zero-order valence-corrected chi connectivity index (χ0v) is 12.5. The van der Waals surface area contributed by atoms with Gasteiger partial charge in [0.1, 0.15) is 5.69 Å². The second-order valence-electron chi connectivity index (χ2n) is 4.96. The van der Waals surface area contributed by atoms with E-state index in [-0.39, 0.29) is 10.6 Å². The first-order valence-corrected chi connectivity index (χ1v) is 7.36. The van der Waals surface area contributed by atoms with E-state index in [1.807, 2.05) is 11.0 Å². The Morgan fingerprint density at radius 1 is 1.25 bits per heavy atom. The predicted octanol–water partition coefficient (Wildman–Crippen LogP) is 2.70. The van der Waals surface area contributed by atoms with E-state index in [2.05, 4.69) is 15.9 Å². The van der Waals surface area contributed by atoms with Gasteiger partial charge < -0.3 is 14.4 Å². The van der Waals surface area contributed by atoms with Gasteiger partial charge in [-0.1, -0.05) is 6.07 Å². The number of ether oxygens (including phenoxy) is 2. The highest BCUT2D eigenvalue weighted by Gasteiger charge is 2.41. The molecule has 2 aliphatic heterocycles. The third-order valence-electron chi connectivity index (χ3n) is 3.82. The van der Waals surface area contributed by atoms with E-state index in [1.165, 1.54) is 6.07 Å². The van der Waals surface area contributed by atoms with Crippen LogP contribution in [0.25, 0.3) is 0 Å². The lowest BCUT2D eigenvalue weighted by Gasteiger charge is -2.38. The summed E-state index contributed by atoms with van der Waals surface area (Å²) in [5.41, 5.74) is 0.772. The summed E-state index contributed by atoms with van der Waals surface area (Å²) in [6, 6.07) is 5.04. The molecule has 6 nitrogen and oxygen atoms in total. The average Bonchev–Trinajstić information content (AvgIpc) is 2.88. The average molecular weight is 343 g/mol. The first-order valence-electron chi connectivity index (χ1n) is 6.57. The molecule has 0 bridgehead atoms. The number of nitro groups is 1. The number of nitro benzene ring substituents is 1. The number of anilines is 1. The number of halogens is 1. The molecule has 2 saturated heterocycles. The van der Waals surface area contributed by atoms with E-state index in [9.17, 15) is 10.1 Å². The van der Waals surface area contributed by atoms with E-state index in [1.54, 1.807) is 6.07 Å². The lowest BCUT2D eigenvalue weighted by atomic mass is 10.0. The first-order chi connectivity index (χ1) is 9.61. The minimum Gasteiger partial charge on any atom is -0.365 e. The molecule has 7 heteroatoms. The zero-order chi connectivity index (χ0) is 14.2. The van der Waals surface area contributed by atoms with E-state index >= 15 is 0 Å². The number of hydrogen-bond donors (Lipinski definition) is 0. The van der Waals surface area contributed by atoms with Crippen molar-refractivity contribution in [2.75, 3.05) is 31.2 Å². The number of benzene rings is 1. The molecule has 0 radical (unpaired) electrons. The summed E-state index contributed by atoms with van der Waals surface area (Å²) in [4.78, 5) is 12.9. The molecule has 1 aromatic carbocycles. The SMILES string of the molecule is O=[N+]([O-])c1cccc(Br)c1N1CCC2(CC1)OCCO2. The number of piperidine rings is 1. The Hall–Kier alpha value is -1.18. The van der Waals surface area contributed by atoms with Gasteiger partial charge in [-0.3, -0.25) is 10.1 Å². The van der Waals surface area contributed by atoms with Crippen molar-refractivity contribution in [2.45, 2.75) is 18.6 Å². The molecule has 1 spiro atoms. The third kappa shape index (κ3) is 2.41. The Morgan fingerprint density at radius 3 is 2.50 bits per heavy atom. The molecular formula is C13H15BrN2O4. The van der Waals surface area contributed by atoms with E-state index < -0.39 is 5.79 Å². The monoisotopic (exact) mass is 342 g/mol. The Kier molecular flexibility index (Phi) is 3.66. The summed E-state index contributed by atoms with van der Waals surface area (Å²) < 4.78 is 12.1. The second kappa shape index (κ2) is 5.31. The highest BCUT2D eigenvalue weighted by Crippen LogP contribution is 2.40. The molecule has 0 aromatic heterocycles. The van der Waals surface area contributed by atoms with Gasteiger partial charge in [-0.05, 0) is 22.0 Å². The zero-order valence-electron chi connectivity index (χ0n) is 10.9. The van der Waals surface area contributed by atoms with Gasteiger partial charge in [0.15, 0.2) is 5.79 Å². The summed E-state index contributed by atoms with van der Waals surface area (Å²) in [6.45, 7) is 2.64. The molecule has 0 N–H and O–H groups in total. The van der Waals surface area contributed by atoms with Crippen molar-refractivity contribution < 1.29 is 14.4 Å². The Labute approximate surface area is 124 Å². The van der Waals surface area contributed by atoms with Gasteiger partial charge in [0.2, 0.25) is 0 Å². The van der Waals surface area contributed by atoms with Crippen molar-refractivity contribution in [3.8, 4) is 0 Å². The molecule has 0 saturated carbocycles. The molecule has 0 unspecified atom stereocenters. The molecule has 20 heavy (non-hydrogen) atoms. The van der Waals surface area contributed by atoms with E-state index in [4.69, 9.17) is 9.47 Å². The summed E-state index contributed by atoms with van der Waals surface area (Å²) >= 11 is 3.42. The van der Waals surface area contributed by atoms with Gasteiger partial charge in [-0.2, -0.15) is 0 Å². The number of nitrogens with zero attached hydrogens (tertiary/aromatic N) is 2. The minimum atomic E-state index is -0.466. The second-order valence-corrected chi connectivity index (χ2v) is 5.81. The fraction of sp³-hybridized carbons (Fsp3) is 0.538. The van der Waals surface area contributed by atoms with Crippen LogP contribution in [0.1, 0.15) is 12.8 Å². The molecular weight excluding hydrogens is 328 g/mol. The number of rotatable bonds is 2. The number of para-hydroxylation sites is 1. The van der Waals surface area contributed by atoms with Crippen LogP contribution in [0.3, 0.4) is 0 Å². The van der Waals surface area contributed by atoms with Gasteiger partial charge in [-0.25, -0.2) is 0 Å². The van der Waals surface area contributed by atoms with Crippen LogP contribution in [-0.4, -0.2) is 37.0 Å². The molecule has 2 fully saturated rings. The molecule has 0 amide bonds. The van der Waals surface area contributed by atoms with Crippen LogP contribution in [0.5, 0.6) is 0 Å². The highest BCUT2D eigenvalue weighted by molar-refractivity contribution is 9.10. The van der Waals surface area contributed by atoms with Crippen molar-refractivity contribution in [2.24, 2.45) is 0 Å². The predicted molar refractivity (Wildman–Crippen MR) is 76.9 cm³/mol. The van der Waals surface area contributed by atoms with Crippen LogP contribution in [-0.2, 0) is 9.47 Å². The van der Waals surface area contributed by atoms with Gasteiger partial charge in [0.05, 0.1) is 18.1 Å². The third-order valence-corrected chi connectivity index (χ3v) is 4.46. The van der Waals surface area contributed by atoms with Gasteiger partial charge in [-0.15, -0.1) is 0 Å². The summed E-state index contributed by atoms with van der Waals surface area (Å²) in [6.07, 6.45) is 1.46. The van der Waals surface area contributed by atoms with E-state index in [0.29, 0.717) is 32.0 Å². The smallest absolute Gasteiger partial charge is 0.293 e. The lowest BCUT2D eigenvalue weighted by Crippen LogP contribution is -2.45. The first kappa shape index (κ1) is 13.8. The van der Waals surface area contributed by atoms with Gasteiger partial charge in [0, 0.05) is 36.5 Å². The van der Waals surface area contributed by atoms with Crippen LogP contribution in [0.2, 0.25) is 0 Å². The molecule has 1 aromatic rings. The molecule has 108 valence electrons. The van der Waals surface area contributed by atoms with Crippen molar-refractivity contribution in [1.29, 1.82) is 0 Å². The maximum atomic E-state index is 11.2. The van der Waals surface area contributed by atoms with Crippen LogP contribution < -0.4 is 4.90 Å². The quantitative estimate of drug-likeness (QED) is 0.610. The maximum absolute atomic E-state index is 11.2. The van der Waals surface area contributed by atoms with Crippen LogP contribution in [0.15, 0.2) is 22.7 Å². The van der Waals surface area contributed by atoms with Crippen LogP contribution in [0, 0.1) is 10.1 Å². The molecule has 2 aliphatic rings. The molecule has 0 atom stereocenters. The van der Waals surface area contributed by atoms with Gasteiger partial charge >= 0.3 is 0 Å². The summed E-state index contributed by atoms with van der Waals surface area (Å²) in [5.74, 6) is -0.466. The summed E-state index contributed by atoms with van der Waals surface area (Å²) in [7, 11) is 0. The molecule has 2 heterocycles. The Morgan fingerprint density at radius 2 is 1.90 bits per heavy atom. The molecule has 3 rings (SSSR count). The van der Waals surface area contributed by atoms with Gasteiger partial charge in [0.25, 0.3) is 5.69 Å². The normalized spacial score (nSPS) is 21.4. The Balaban J connectivity index is 1.83. The lowest BCUT2D eigenvalue weighted by molar-refractivity contribution is -0.384. The van der Waals surface area contributed by atoms with Crippen molar-refractivity contribution in [1.82, 2.24) is 0 Å². The fourth-order valence-electron chi connectivity index (χ4n) is 2.82. The van der Waals surface area contributed by atoms with Crippen molar-refractivity contribution >= 4 is 27.3 Å². The number of hydrogen-bond acceptors (Lipinski definition) is 5. The van der Waals surface area contributed by atoms with Crippen molar-refractivity contribution in [3.63, 3.8) is 0 Å². The molecule has 0 aliphatic carbocycles. The van der Waals surface area contributed by atoms with Crippen molar-refractivity contribution in [3.05, 3.63) is 32.8 Å². The standard InChI is InChI=1S/C13H15BrN2O4/c14-10-2-1-3-11(16(17)18)12(10)15-6-4-13(5-7-15)19-8-9-20-13/h1-3H,4-9H2. The van der Waals surface area contributed by atoms with Crippen LogP contribution in [0.4, 0.5) is 11.4 Å². The largest absolute Gasteiger partial charge is 0.365 e.